The first-order chi connectivity index (χ1) is 6.14. The first-order valence-corrected chi connectivity index (χ1v) is 5.23. The van der Waals surface area contributed by atoms with Crippen LogP contribution in [0, 0.1) is 5.92 Å². The summed E-state index contributed by atoms with van der Waals surface area (Å²) < 4.78 is 5.43. The van der Waals surface area contributed by atoms with Crippen molar-refractivity contribution in [2.45, 2.75) is 51.6 Å². The van der Waals surface area contributed by atoms with Crippen molar-refractivity contribution in [2.24, 2.45) is 5.92 Å². The molecule has 0 bridgehead atoms. The smallest absolute Gasteiger partial charge is 0.164 e. The fourth-order valence-corrected chi connectivity index (χ4v) is 2.15. The molecule has 0 aliphatic heterocycles. The van der Waals surface area contributed by atoms with Gasteiger partial charge in [0.1, 0.15) is 5.60 Å². The van der Waals surface area contributed by atoms with E-state index in [1.807, 2.05) is 6.92 Å². The molecule has 1 saturated carbocycles. The van der Waals surface area contributed by atoms with Crippen molar-refractivity contribution >= 4 is 5.78 Å². The van der Waals surface area contributed by atoms with Crippen molar-refractivity contribution in [3.8, 4) is 0 Å². The molecule has 0 atom stereocenters. The molecule has 1 aliphatic carbocycles. The molecule has 0 amide bonds. The molecule has 0 spiro atoms. The van der Waals surface area contributed by atoms with E-state index in [2.05, 4.69) is 6.92 Å². The third kappa shape index (κ3) is 2.11. The molecule has 76 valence electrons. The van der Waals surface area contributed by atoms with Crippen LogP contribution in [0.4, 0.5) is 0 Å². The van der Waals surface area contributed by atoms with E-state index < -0.39 is 5.60 Å². The monoisotopic (exact) mass is 184 g/mol. The maximum Gasteiger partial charge on any atom is 0.164 e. The van der Waals surface area contributed by atoms with Crippen LogP contribution in [0.1, 0.15) is 46.0 Å². The van der Waals surface area contributed by atoms with Crippen molar-refractivity contribution in [3.05, 3.63) is 0 Å². The summed E-state index contributed by atoms with van der Waals surface area (Å²) in [6, 6.07) is 0. The third-order valence-corrected chi connectivity index (χ3v) is 3.30. The van der Waals surface area contributed by atoms with Crippen molar-refractivity contribution in [2.75, 3.05) is 7.11 Å². The highest BCUT2D eigenvalue weighted by Crippen LogP contribution is 2.35. The van der Waals surface area contributed by atoms with Gasteiger partial charge in [-0.05, 0) is 31.6 Å². The maximum atomic E-state index is 11.7. The lowest BCUT2D eigenvalue weighted by molar-refractivity contribution is -0.145. The molecule has 13 heavy (non-hydrogen) atoms. The van der Waals surface area contributed by atoms with E-state index in [9.17, 15) is 4.79 Å². The Kier molecular flexibility index (Phi) is 3.48. The van der Waals surface area contributed by atoms with Gasteiger partial charge in [-0.3, -0.25) is 4.79 Å². The largest absolute Gasteiger partial charge is 0.370 e. The summed E-state index contributed by atoms with van der Waals surface area (Å²) >= 11 is 0. The third-order valence-electron chi connectivity index (χ3n) is 3.30. The Morgan fingerprint density at radius 3 is 2.38 bits per heavy atom. The molecule has 0 aromatic rings. The molecule has 1 fully saturated rings. The molecule has 0 N–H and O–H groups in total. The zero-order valence-corrected chi connectivity index (χ0v) is 8.93. The Morgan fingerprint density at radius 2 is 2.00 bits per heavy atom. The van der Waals surface area contributed by atoms with E-state index in [4.69, 9.17) is 4.74 Å². The SMILES string of the molecule is CCC(=O)C1(OC)CCC(C)CC1. The number of methoxy groups -OCH3 is 1. The molecule has 1 aliphatic rings. The van der Waals surface area contributed by atoms with Gasteiger partial charge in [-0.25, -0.2) is 0 Å². The van der Waals surface area contributed by atoms with E-state index in [0.29, 0.717) is 6.42 Å². The summed E-state index contributed by atoms with van der Waals surface area (Å²) in [7, 11) is 1.67. The zero-order chi connectivity index (χ0) is 9.90. The summed E-state index contributed by atoms with van der Waals surface area (Å²) in [5, 5.41) is 0. The van der Waals surface area contributed by atoms with E-state index in [-0.39, 0.29) is 5.78 Å². The molecular formula is C11H20O2. The lowest BCUT2D eigenvalue weighted by Gasteiger charge is -2.36. The predicted octanol–water partition coefficient (Wildman–Crippen LogP) is 2.56. The average molecular weight is 184 g/mol. The Balaban J connectivity index is 2.65. The molecule has 1 rings (SSSR count). The van der Waals surface area contributed by atoms with Crippen molar-refractivity contribution in [1.82, 2.24) is 0 Å². The molecular weight excluding hydrogens is 164 g/mol. The lowest BCUT2D eigenvalue weighted by atomic mass is 9.76. The number of rotatable bonds is 3. The molecule has 0 radical (unpaired) electrons. The van der Waals surface area contributed by atoms with Crippen LogP contribution in [0.2, 0.25) is 0 Å². The minimum atomic E-state index is -0.429. The lowest BCUT2D eigenvalue weighted by Crippen LogP contribution is -2.43. The van der Waals surface area contributed by atoms with Crippen molar-refractivity contribution in [3.63, 3.8) is 0 Å². The standard InChI is InChI=1S/C11H20O2/c1-4-10(12)11(13-3)7-5-9(2)6-8-11/h9H,4-8H2,1-3H3. The van der Waals surface area contributed by atoms with Crippen LogP contribution in [0.15, 0.2) is 0 Å². The van der Waals surface area contributed by atoms with Crippen LogP contribution < -0.4 is 0 Å². The Bertz CT molecular complexity index is 179. The van der Waals surface area contributed by atoms with Crippen molar-refractivity contribution < 1.29 is 9.53 Å². The minimum Gasteiger partial charge on any atom is -0.370 e. The average Bonchev–Trinajstić information content (AvgIpc) is 2.18. The number of hydrogen-bond acceptors (Lipinski definition) is 2. The van der Waals surface area contributed by atoms with Crippen molar-refractivity contribution in [1.29, 1.82) is 0 Å². The van der Waals surface area contributed by atoms with Crippen LogP contribution in [-0.4, -0.2) is 18.5 Å². The van der Waals surface area contributed by atoms with Gasteiger partial charge < -0.3 is 4.74 Å². The summed E-state index contributed by atoms with van der Waals surface area (Å²) in [4.78, 5) is 11.7. The van der Waals surface area contributed by atoms with E-state index in [0.717, 1.165) is 31.6 Å². The number of ketones is 1. The first-order valence-electron chi connectivity index (χ1n) is 5.23. The number of ether oxygens (including phenoxy) is 1. The summed E-state index contributed by atoms with van der Waals surface area (Å²) in [5.74, 6) is 1.04. The molecule has 2 heteroatoms. The van der Waals surface area contributed by atoms with Crippen LogP contribution >= 0.6 is 0 Å². The van der Waals surface area contributed by atoms with E-state index in [1.54, 1.807) is 7.11 Å². The number of Topliss-reactive ketones (excluding diaryl/α,β-unsaturated/α-hetero) is 1. The van der Waals surface area contributed by atoms with Gasteiger partial charge in [0, 0.05) is 13.5 Å². The van der Waals surface area contributed by atoms with Gasteiger partial charge in [-0.1, -0.05) is 13.8 Å². The number of hydrogen-bond donors (Lipinski definition) is 0. The van der Waals surface area contributed by atoms with Gasteiger partial charge in [0.05, 0.1) is 0 Å². The number of carbonyl (C=O) groups is 1. The zero-order valence-electron chi connectivity index (χ0n) is 8.93. The molecule has 0 unspecified atom stereocenters. The van der Waals surface area contributed by atoms with Crippen LogP contribution in [0.5, 0.6) is 0 Å². The highest BCUT2D eigenvalue weighted by molar-refractivity contribution is 5.87. The summed E-state index contributed by atoms with van der Waals surface area (Å²) in [5.41, 5.74) is -0.429. The van der Waals surface area contributed by atoms with Gasteiger partial charge in [0.2, 0.25) is 0 Å². The Labute approximate surface area is 80.7 Å². The molecule has 0 aromatic heterocycles. The van der Waals surface area contributed by atoms with Gasteiger partial charge in [0.15, 0.2) is 5.78 Å². The second kappa shape index (κ2) is 4.23. The van der Waals surface area contributed by atoms with Gasteiger partial charge >= 0.3 is 0 Å². The molecule has 0 saturated heterocycles. The highest BCUT2D eigenvalue weighted by atomic mass is 16.5. The number of carbonyl (C=O) groups excluding carboxylic acids is 1. The van der Waals surface area contributed by atoms with Gasteiger partial charge in [-0.2, -0.15) is 0 Å². The second-order valence-corrected chi connectivity index (χ2v) is 4.16. The van der Waals surface area contributed by atoms with Gasteiger partial charge in [-0.15, -0.1) is 0 Å². The van der Waals surface area contributed by atoms with Crippen LogP contribution in [-0.2, 0) is 9.53 Å². The van der Waals surface area contributed by atoms with E-state index >= 15 is 0 Å². The Morgan fingerprint density at radius 1 is 1.46 bits per heavy atom. The normalized spacial score (nSPS) is 34.5. The second-order valence-electron chi connectivity index (χ2n) is 4.16. The minimum absolute atomic E-state index is 0.280. The Hall–Kier alpha value is -0.370. The molecule has 0 heterocycles. The maximum absolute atomic E-state index is 11.7. The van der Waals surface area contributed by atoms with Gasteiger partial charge in [0.25, 0.3) is 0 Å². The summed E-state index contributed by atoms with van der Waals surface area (Å²) in [6.45, 7) is 4.16. The van der Waals surface area contributed by atoms with E-state index in [1.165, 1.54) is 0 Å². The fourth-order valence-electron chi connectivity index (χ4n) is 2.15. The molecule has 2 nitrogen and oxygen atoms in total. The highest BCUT2D eigenvalue weighted by Gasteiger charge is 2.39. The quantitative estimate of drug-likeness (QED) is 0.673. The predicted molar refractivity (Wildman–Crippen MR) is 52.7 cm³/mol. The fraction of sp³-hybridized carbons (Fsp3) is 0.909. The summed E-state index contributed by atoms with van der Waals surface area (Å²) in [6.07, 6.45) is 4.68. The first kappa shape index (κ1) is 10.7. The van der Waals surface area contributed by atoms with Crippen LogP contribution in [0.3, 0.4) is 0 Å². The topological polar surface area (TPSA) is 26.3 Å². The molecule has 0 aromatic carbocycles. The van der Waals surface area contributed by atoms with Crippen LogP contribution in [0.25, 0.3) is 0 Å².